The highest BCUT2D eigenvalue weighted by atomic mass is 35.5. The van der Waals surface area contributed by atoms with Crippen molar-refractivity contribution in [1.29, 1.82) is 0 Å². The lowest BCUT2D eigenvalue weighted by Crippen LogP contribution is -3.00. The van der Waals surface area contributed by atoms with E-state index in [-0.39, 0.29) is 12.4 Å². The summed E-state index contributed by atoms with van der Waals surface area (Å²) < 4.78 is 0.447. The summed E-state index contributed by atoms with van der Waals surface area (Å²) in [4.78, 5) is 12.1. The molecule has 0 aliphatic rings. The number of halogens is 1. The average Bonchev–Trinajstić information content (AvgIpc) is 2.58. The number of quaternary nitrogens is 1. The fourth-order valence-electron chi connectivity index (χ4n) is 3.37. The van der Waals surface area contributed by atoms with Crippen molar-refractivity contribution >= 4 is 5.91 Å². The number of hydrogen-bond acceptors (Lipinski definition) is 1. The van der Waals surface area contributed by atoms with Crippen LogP contribution in [-0.4, -0.2) is 31.0 Å². The van der Waals surface area contributed by atoms with Crippen molar-refractivity contribution in [3.63, 3.8) is 0 Å². The van der Waals surface area contributed by atoms with Gasteiger partial charge in [0.25, 0.3) is 0 Å². The normalized spacial score (nSPS) is 11.2. The Kier molecular flexibility index (Phi) is 20.8. The molecule has 0 saturated carbocycles. The van der Waals surface area contributed by atoms with Gasteiger partial charge in [-0.3, -0.25) is 4.48 Å². The Morgan fingerprint density at radius 2 is 1.08 bits per heavy atom. The lowest BCUT2D eigenvalue weighted by Gasteiger charge is -2.25. The number of unbranched alkanes of at least 4 members (excludes halogenated alkanes) is 14. The van der Waals surface area contributed by atoms with E-state index in [2.05, 4.69) is 13.5 Å². The minimum atomic E-state index is 0. The number of carbonyl (C=O) groups is 1. The third-order valence-corrected chi connectivity index (χ3v) is 5.25. The van der Waals surface area contributed by atoms with Crippen molar-refractivity contribution < 1.29 is 21.7 Å². The summed E-state index contributed by atoms with van der Waals surface area (Å²) in [7, 11) is 3.96. The van der Waals surface area contributed by atoms with Gasteiger partial charge in [-0.25, -0.2) is 4.79 Å². The van der Waals surface area contributed by atoms with Crippen LogP contribution in [-0.2, 0) is 4.79 Å². The minimum absolute atomic E-state index is 0. The van der Waals surface area contributed by atoms with Crippen LogP contribution in [0.5, 0.6) is 0 Å². The van der Waals surface area contributed by atoms with Gasteiger partial charge in [0, 0.05) is 0 Å². The van der Waals surface area contributed by atoms with E-state index in [0.29, 0.717) is 10.4 Å². The van der Waals surface area contributed by atoms with E-state index in [1.54, 1.807) is 0 Å². The van der Waals surface area contributed by atoms with Crippen LogP contribution in [0, 0.1) is 0 Å². The van der Waals surface area contributed by atoms with E-state index in [4.69, 9.17) is 0 Å². The van der Waals surface area contributed by atoms with Crippen molar-refractivity contribution in [2.75, 3.05) is 20.6 Å². The Bertz CT molecular complexity index is 328. The molecule has 0 unspecified atom stereocenters. The van der Waals surface area contributed by atoms with Crippen LogP contribution in [0.1, 0.15) is 110 Å². The molecule has 26 heavy (non-hydrogen) atoms. The van der Waals surface area contributed by atoms with E-state index in [1.165, 1.54) is 89.9 Å². The monoisotopic (exact) mass is 387 g/mol. The number of nitrogens with zero attached hydrogens (tertiary/aromatic N) is 1. The first-order chi connectivity index (χ1) is 12.0. The molecule has 1 amide bonds. The summed E-state index contributed by atoms with van der Waals surface area (Å²) in [5.41, 5.74) is 0. The molecule has 156 valence electrons. The topological polar surface area (TPSA) is 17.1 Å². The molecule has 0 atom stereocenters. The van der Waals surface area contributed by atoms with E-state index < -0.39 is 0 Å². The molecule has 0 heterocycles. The maximum absolute atomic E-state index is 12.1. The first kappa shape index (κ1) is 27.9. The van der Waals surface area contributed by atoms with Gasteiger partial charge in [-0.2, -0.15) is 0 Å². The molecule has 0 aromatic rings. The summed E-state index contributed by atoms with van der Waals surface area (Å²) in [6, 6.07) is 0. The molecule has 2 nitrogen and oxygen atoms in total. The zero-order chi connectivity index (χ0) is 18.8. The Balaban J connectivity index is 0. The van der Waals surface area contributed by atoms with Crippen LogP contribution in [0.3, 0.4) is 0 Å². The number of amides is 1. The Hall–Kier alpha value is -0.340. The smallest absolute Gasteiger partial charge is 0.313 e. The first-order valence-corrected chi connectivity index (χ1v) is 11.0. The maximum Gasteiger partial charge on any atom is 0.313 e. The highest BCUT2D eigenvalue weighted by molar-refractivity contribution is 5.68. The Morgan fingerprint density at radius 1 is 0.731 bits per heavy atom. The van der Waals surface area contributed by atoms with Crippen LogP contribution in [0.15, 0.2) is 12.7 Å². The second-order valence-corrected chi connectivity index (χ2v) is 8.25. The van der Waals surface area contributed by atoms with Crippen LogP contribution in [0.25, 0.3) is 0 Å². The molecule has 0 spiro atoms. The van der Waals surface area contributed by atoms with Crippen LogP contribution >= 0.6 is 0 Å². The second-order valence-electron chi connectivity index (χ2n) is 8.25. The fourth-order valence-corrected chi connectivity index (χ4v) is 3.37. The van der Waals surface area contributed by atoms with E-state index in [1.807, 2.05) is 20.2 Å². The van der Waals surface area contributed by atoms with Gasteiger partial charge in [-0.05, 0) is 12.5 Å². The number of rotatable bonds is 18. The van der Waals surface area contributed by atoms with Gasteiger partial charge < -0.3 is 12.4 Å². The standard InChI is InChI=1S/C23H46NO.ClH/c1-5-7-8-9-10-11-12-13-14-15-16-17-18-19-20-21-23(25)24(3,4)22-6-2;/h6H,2,5,7-22H2,1,3-4H3;1H/q+1;/p-1. The molecular weight excluding hydrogens is 342 g/mol. The quantitative estimate of drug-likeness (QED) is 0.197. The van der Waals surface area contributed by atoms with Crippen molar-refractivity contribution in [2.45, 2.75) is 110 Å². The molecule has 0 rings (SSSR count). The van der Waals surface area contributed by atoms with Crippen molar-refractivity contribution in [1.82, 2.24) is 0 Å². The third-order valence-electron chi connectivity index (χ3n) is 5.25. The largest absolute Gasteiger partial charge is 1.00 e. The zero-order valence-electron chi connectivity index (χ0n) is 18.0. The minimum Gasteiger partial charge on any atom is -1.00 e. The van der Waals surface area contributed by atoms with Gasteiger partial charge in [0.05, 0.1) is 20.5 Å². The van der Waals surface area contributed by atoms with Crippen molar-refractivity contribution in [2.24, 2.45) is 0 Å². The predicted octanol–water partition coefficient (Wildman–Crippen LogP) is 4.04. The predicted molar refractivity (Wildman–Crippen MR) is 112 cm³/mol. The lowest BCUT2D eigenvalue weighted by atomic mass is 10.0. The van der Waals surface area contributed by atoms with Crippen molar-refractivity contribution in [3.05, 3.63) is 12.7 Å². The summed E-state index contributed by atoms with van der Waals surface area (Å²) in [5, 5.41) is 0. The molecule has 0 aromatic heterocycles. The lowest BCUT2D eigenvalue weighted by molar-refractivity contribution is -0.807. The van der Waals surface area contributed by atoms with Gasteiger partial charge in [-0.1, -0.05) is 103 Å². The molecule has 0 bridgehead atoms. The molecule has 0 radical (unpaired) electrons. The van der Waals surface area contributed by atoms with Gasteiger partial charge in [0.15, 0.2) is 0 Å². The molecule has 0 aliphatic carbocycles. The maximum atomic E-state index is 12.1. The van der Waals surface area contributed by atoms with Crippen LogP contribution < -0.4 is 12.4 Å². The van der Waals surface area contributed by atoms with Gasteiger partial charge in [-0.15, -0.1) is 0 Å². The zero-order valence-corrected chi connectivity index (χ0v) is 18.8. The highest BCUT2D eigenvalue weighted by Crippen LogP contribution is 2.14. The molecule has 0 saturated heterocycles. The fraction of sp³-hybridized carbons (Fsp3) is 0.870. The SMILES string of the molecule is C=CC[N+](C)(C)C(=O)CCCCCCCCCCCCCCCCC.[Cl-]. The second kappa shape index (κ2) is 19.4. The highest BCUT2D eigenvalue weighted by Gasteiger charge is 2.23. The van der Waals surface area contributed by atoms with Crippen LogP contribution in [0.4, 0.5) is 0 Å². The molecule has 0 aliphatic heterocycles. The molecule has 0 aromatic carbocycles. The summed E-state index contributed by atoms with van der Waals surface area (Å²) in [5.74, 6) is 0.342. The van der Waals surface area contributed by atoms with Gasteiger partial charge in [0.2, 0.25) is 0 Å². The summed E-state index contributed by atoms with van der Waals surface area (Å²) in [6.07, 6.45) is 23.0. The van der Waals surface area contributed by atoms with Crippen molar-refractivity contribution in [3.8, 4) is 0 Å². The number of hydrogen-bond donors (Lipinski definition) is 0. The van der Waals surface area contributed by atoms with E-state index in [0.717, 1.165) is 19.4 Å². The Labute approximate surface area is 170 Å². The van der Waals surface area contributed by atoms with E-state index in [9.17, 15) is 4.79 Å². The molecule has 3 heteroatoms. The molecule has 0 N–H and O–H groups in total. The first-order valence-electron chi connectivity index (χ1n) is 11.0. The van der Waals surface area contributed by atoms with Gasteiger partial charge in [0.1, 0.15) is 6.54 Å². The summed E-state index contributed by atoms with van der Waals surface area (Å²) >= 11 is 0. The molecular formula is C23H46ClNO. The number of likely N-dealkylation sites (N-methyl/N-ethyl adjacent to an activating group) is 1. The number of carbonyl (C=O) groups excluding carboxylic acids is 1. The average molecular weight is 388 g/mol. The summed E-state index contributed by atoms with van der Waals surface area (Å²) in [6.45, 7) is 6.75. The molecule has 0 fully saturated rings. The van der Waals surface area contributed by atoms with E-state index >= 15 is 0 Å². The van der Waals surface area contributed by atoms with Gasteiger partial charge >= 0.3 is 5.91 Å². The third kappa shape index (κ3) is 17.1. The van der Waals surface area contributed by atoms with Crippen LogP contribution in [0.2, 0.25) is 0 Å². The Morgan fingerprint density at radius 3 is 1.42 bits per heavy atom.